The number of aliphatic imine (C=N–C) groups is 1. The van der Waals surface area contributed by atoms with Gasteiger partial charge in [0.2, 0.25) is 5.91 Å². The zero-order valence-electron chi connectivity index (χ0n) is 22.0. The van der Waals surface area contributed by atoms with Crippen molar-refractivity contribution in [3.05, 3.63) is 69.7 Å². The average Bonchev–Trinajstić information content (AvgIpc) is 3.54. The number of rotatable bonds is 6. The van der Waals surface area contributed by atoms with E-state index in [1.165, 1.54) is 11.8 Å². The van der Waals surface area contributed by atoms with Crippen molar-refractivity contribution < 1.29 is 14.7 Å². The van der Waals surface area contributed by atoms with Crippen LogP contribution in [-0.4, -0.2) is 55.3 Å². The van der Waals surface area contributed by atoms with Crippen molar-refractivity contribution in [1.29, 1.82) is 0 Å². The molecule has 0 aliphatic carbocycles. The number of benzene rings is 2. The lowest BCUT2D eigenvalue weighted by molar-refractivity contribution is -0.150. The summed E-state index contributed by atoms with van der Waals surface area (Å²) in [5.41, 5.74) is 1.47. The summed E-state index contributed by atoms with van der Waals surface area (Å²) in [6.45, 7) is 8.40. The van der Waals surface area contributed by atoms with Gasteiger partial charge >= 0.3 is 5.97 Å². The predicted molar refractivity (Wildman–Crippen MR) is 154 cm³/mol. The molecule has 0 saturated carbocycles. The first-order valence-corrected chi connectivity index (χ1v) is 14.8. The molecule has 3 heterocycles. The van der Waals surface area contributed by atoms with Crippen LogP contribution in [-0.2, 0) is 15.1 Å². The van der Waals surface area contributed by atoms with Gasteiger partial charge in [-0.3, -0.25) is 4.79 Å². The summed E-state index contributed by atoms with van der Waals surface area (Å²) in [5.74, 6) is -0.895. The summed E-state index contributed by atoms with van der Waals surface area (Å²) in [6.07, 6.45) is 1.96. The van der Waals surface area contributed by atoms with Crippen LogP contribution in [0.5, 0.6) is 0 Å². The van der Waals surface area contributed by atoms with Crippen LogP contribution >= 0.6 is 35.0 Å². The van der Waals surface area contributed by atoms with Gasteiger partial charge in [-0.15, -0.1) is 0 Å². The average molecular weight is 575 g/mol. The van der Waals surface area contributed by atoms with Gasteiger partial charge in [0.1, 0.15) is 16.8 Å². The number of amidine groups is 1. The Morgan fingerprint density at radius 2 is 1.68 bits per heavy atom. The zero-order chi connectivity index (χ0) is 27.4. The predicted octanol–water partition coefficient (Wildman–Crippen LogP) is 6.62. The number of likely N-dealkylation sites (tertiary alicyclic amines) is 1. The van der Waals surface area contributed by atoms with Gasteiger partial charge in [0.25, 0.3) is 0 Å². The number of aliphatic carboxylic acids is 1. The molecular formula is C29H33Cl2N3O3S. The van der Waals surface area contributed by atoms with Crippen LogP contribution in [0.4, 0.5) is 0 Å². The van der Waals surface area contributed by atoms with E-state index in [0.29, 0.717) is 16.5 Å². The number of carboxylic acids is 1. The summed E-state index contributed by atoms with van der Waals surface area (Å²) in [4.78, 5) is 35.5. The van der Waals surface area contributed by atoms with E-state index in [1.54, 1.807) is 4.90 Å². The molecule has 2 aromatic rings. The number of carbonyl (C=O) groups is 2. The van der Waals surface area contributed by atoms with Gasteiger partial charge < -0.3 is 14.9 Å². The summed E-state index contributed by atoms with van der Waals surface area (Å²) < 4.78 is 0. The third-order valence-electron chi connectivity index (χ3n) is 8.28. The van der Waals surface area contributed by atoms with Crippen LogP contribution in [0, 0.1) is 5.92 Å². The highest BCUT2D eigenvalue weighted by Crippen LogP contribution is 2.55. The molecule has 2 aromatic carbocycles. The van der Waals surface area contributed by atoms with Crippen molar-refractivity contribution in [1.82, 2.24) is 9.80 Å². The lowest BCUT2D eigenvalue weighted by Gasteiger charge is -2.41. The van der Waals surface area contributed by atoms with E-state index in [4.69, 9.17) is 28.2 Å². The number of nitrogens with zero attached hydrogens (tertiary/aromatic N) is 3. The topological polar surface area (TPSA) is 73.2 Å². The minimum atomic E-state index is -0.925. The molecule has 3 unspecified atom stereocenters. The molecule has 6 nitrogen and oxygen atoms in total. The maximum Gasteiger partial charge on any atom is 0.326 e. The van der Waals surface area contributed by atoms with Gasteiger partial charge in [-0.1, -0.05) is 80.0 Å². The van der Waals surface area contributed by atoms with Crippen molar-refractivity contribution in [2.45, 2.75) is 81.9 Å². The molecule has 2 fully saturated rings. The first-order chi connectivity index (χ1) is 18.1. The monoisotopic (exact) mass is 573 g/mol. The molecule has 1 N–H and O–H groups in total. The molecule has 9 heteroatoms. The molecule has 5 rings (SSSR count). The lowest BCUT2D eigenvalue weighted by Crippen LogP contribution is -2.53. The summed E-state index contributed by atoms with van der Waals surface area (Å²) in [5, 5.41) is 11.6. The molecule has 3 aliphatic rings. The van der Waals surface area contributed by atoms with E-state index in [9.17, 15) is 14.7 Å². The van der Waals surface area contributed by atoms with Crippen LogP contribution in [0.1, 0.15) is 64.1 Å². The number of thioether (sulfide) groups is 1. The number of carboxylic acid groups (broad SMARTS) is 1. The summed E-state index contributed by atoms with van der Waals surface area (Å²) in [7, 11) is 0. The van der Waals surface area contributed by atoms with Crippen LogP contribution in [0.2, 0.25) is 10.0 Å². The van der Waals surface area contributed by atoms with Gasteiger partial charge in [-0.25, -0.2) is 9.79 Å². The molecule has 3 aliphatic heterocycles. The Balaban J connectivity index is 1.60. The fourth-order valence-corrected chi connectivity index (χ4v) is 8.31. The van der Waals surface area contributed by atoms with Gasteiger partial charge in [-0.05, 0) is 67.5 Å². The third-order valence-corrected chi connectivity index (χ3v) is 10.0. The largest absolute Gasteiger partial charge is 0.480 e. The Morgan fingerprint density at radius 3 is 2.24 bits per heavy atom. The van der Waals surface area contributed by atoms with E-state index in [2.05, 4.69) is 25.7 Å². The molecule has 0 spiro atoms. The standard InChI is InChI=1S/C29H33Cl2N3O3S/c1-5-21-14-15-22(27(36)37)33(21)26(35)24-23(16(2)3)34-25(17-6-10-19(30)11-7-17)29(4,32-28(34)38-24)18-8-12-20(31)13-9-18/h6-13,16,21-25H,5,14-15H2,1-4H3,(H,36,37)/t21-,22?,23?,24?,25-,29+/m1/s1. The van der Waals surface area contributed by atoms with Crippen molar-refractivity contribution in [3.8, 4) is 0 Å². The van der Waals surface area contributed by atoms with E-state index < -0.39 is 22.8 Å². The van der Waals surface area contributed by atoms with Crippen molar-refractivity contribution in [2.75, 3.05) is 0 Å². The van der Waals surface area contributed by atoms with Crippen LogP contribution in [0.3, 0.4) is 0 Å². The van der Waals surface area contributed by atoms with Crippen molar-refractivity contribution in [2.24, 2.45) is 10.9 Å². The summed E-state index contributed by atoms with van der Waals surface area (Å²) in [6, 6.07) is 14.5. The van der Waals surface area contributed by atoms with Crippen LogP contribution < -0.4 is 0 Å². The number of halogens is 2. The van der Waals surface area contributed by atoms with Crippen molar-refractivity contribution in [3.63, 3.8) is 0 Å². The quantitative estimate of drug-likeness (QED) is 0.420. The molecule has 0 bridgehead atoms. The molecule has 38 heavy (non-hydrogen) atoms. The van der Waals surface area contributed by atoms with Crippen LogP contribution in [0.15, 0.2) is 53.5 Å². The van der Waals surface area contributed by atoms with E-state index in [1.807, 2.05) is 55.5 Å². The Morgan fingerprint density at radius 1 is 1.08 bits per heavy atom. The normalized spacial score (nSPS) is 30.6. The number of carbonyl (C=O) groups excluding carboxylic acids is 1. The second-order valence-corrected chi connectivity index (χ2v) is 12.9. The van der Waals surface area contributed by atoms with Gasteiger partial charge in [0.15, 0.2) is 5.17 Å². The number of fused-ring (bicyclic) bond motifs is 1. The van der Waals surface area contributed by atoms with E-state index in [-0.39, 0.29) is 30.0 Å². The molecule has 6 atom stereocenters. The first kappa shape index (κ1) is 27.4. The zero-order valence-corrected chi connectivity index (χ0v) is 24.3. The summed E-state index contributed by atoms with van der Waals surface area (Å²) >= 11 is 14.0. The Hall–Kier alpha value is -2.22. The highest BCUT2D eigenvalue weighted by molar-refractivity contribution is 8.15. The van der Waals surface area contributed by atoms with Gasteiger partial charge in [-0.2, -0.15) is 0 Å². The molecule has 0 aromatic heterocycles. The molecule has 2 saturated heterocycles. The Kier molecular flexibility index (Phi) is 7.48. The van der Waals surface area contributed by atoms with E-state index >= 15 is 0 Å². The number of hydrogen-bond acceptors (Lipinski definition) is 5. The molecule has 0 radical (unpaired) electrons. The van der Waals surface area contributed by atoms with Crippen molar-refractivity contribution >= 4 is 52.0 Å². The number of hydrogen-bond donors (Lipinski definition) is 1. The minimum Gasteiger partial charge on any atom is -0.480 e. The molecule has 1 amide bonds. The Labute approximate surface area is 238 Å². The SMILES string of the molecule is CC[C@@H]1CCC(C(=O)O)N1C(=O)C1SC2=N[C@@](C)(c3ccc(Cl)cc3)[C@@H](c3ccc(Cl)cc3)N2C1C(C)C. The lowest BCUT2D eigenvalue weighted by atomic mass is 9.80. The maximum atomic E-state index is 14.2. The van der Waals surface area contributed by atoms with Crippen LogP contribution in [0.25, 0.3) is 0 Å². The van der Waals surface area contributed by atoms with Gasteiger partial charge in [0.05, 0.1) is 12.1 Å². The number of amides is 1. The highest BCUT2D eigenvalue weighted by atomic mass is 35.5. The fourth-order valence-electron chi connectivity index (χ4n) is 6.43. The fraction of sp³-hybridized carbons (Fsp3) is 0.483. The maximum absolute atomic E-state index is 14.2. The van der Waals surface area contributed by atoms with E-state index in [0.717, 1.165) is 29.1 Å². The molecule has 202 valence electrons. The smallest absolute Gasteiger partial charge is 0.326 e. The van der Waals surface area contributed by atoms with Gasteiger partial charge in [0, 0.05) is 16.1 Å². The molecular weight excluding hydrogens is 541 g/mol. The first-order valence-electron chi connectivity index (χ1n) is 13.2. The third kappa shape index (κ3) is 4.50. The second-order valence-electron chi connectivity index (χ2n) is 10.9. The highest BCUT2D eigenvalue weighted by Gasteiger charge is 2.58. The minimum absolute atomic E-state index is 0.0548. The Bertz CT molecular complexity index is 1250. The second kappa shape index (κ2) is 10.4.